The summed E-state index contributed by atoms with van der Waals surface area (Å²) in [4.78, 5) is 27.9. The fraction of sp³-hybridized carbons (Fsp3) is 0.353. The Morgan fingerprint density at radius 3 is 2.73 bits per heavy atom. The number of amides is 1. The molecule has 22 heavy (non-hydrogen) atoms. The van der Waals surface area contributed by atoms with E-state index < -0.39 is 0 Å². The maximum atomic E-state index is 12.4. The van der Waals surface area contributed by atoms with Gasteiger partial charge in [0.15, 0.2) is 0 Å². The van der Waals surface area contributed by atoms with Gasteiger partial charge in [-0.3, -0.25) is 14.6 Å². The highest BCUT2D eigenvalue weighted by Crippen LogP contribution is 2.20. The van der Waals surface area contributed by atoms with Crippen molar-refractivity contribution in [1.29, 1.82) is 0 Å². The monoisotopic (exact) mass is 300 g/mol. The molecule has 2 rings (SSSR count). The summed E-state index contributed by atoms with van der Waals surface area (Å²) in [5.74, 6) is -0.416. The van der Waals surface area contributed by atoms with E-state index in [-0.39, 0.29) is 11.9 Å². The van der Waals surface area contributed by atoms with Crippen LogP contribution in [0.5, 0.6) is 0 Å². The molecule has 0 radical (unpaired) electrons. The van der Waals surface area contributed by atoms with Gasteiger partial charge in [0.05, 0.1) is 18.2 Å². The van der Waals surface area contributed by atoms with Crippen LogP contribution >= 0.6 is 0 Å². The molecule has 0 bridgehead atoms. The first-order chi connectivity index (χ1) is 10.5. The topological polar surface area (TPSA) is 68.3 Å². The second kappa shape index (κ2) is 7.02. The zero-order chi connectivity index (χ0) is 16.1. The van der Waals surface area contributed by atoms with Crippen LogP contribution in [-0.2, 0) is 9.53 Å². The van der Waals surface area contributed by atoms with Crippen LogP contribution in [0, 0.1) is 13.8 Å². The van der Waals surface area contributed by atoms with Crippen molar-refractivity contribution >= 4 is 22.8 Å². The Morgan fingerprint density at radius 2 is 2.00 bits per heavy atom. The molecule has 0 aliphatic rings. The Hall–Kier alpha value is -2.43. The van der Waals surface area contributed by atoms with E-state index in [1.165, 1.54) is 7.11 Å². The number of carbonyl (C=O) groups excluding carboxylic acids is 2. The average molecular weight is 300 g/mol. The van der Waals surface area contributed by atoms with Crippen molar-refractivity contribution in [2.45, 2.75) is 26.7 Å². The Bertz CT molecular complexity index is 710. The molecule has 116 valence electrons. The smallest absolute Gasteiger partial charge is 0.305 e. The Kier molecular flexibility index (Phi) is 5.09. The van der Waals surface area contributed by atoms with Crippen molar-refractivity contribution in [2.24, 2.45) is 0 Å². The number of nitrogens with one attached hydrogen (secondary N) is 1. The molecular weight excluding hydrogens is 280 g/mol. The fourth-order valence-electron chi connectivity index (χ4n) is 2.29. The van der Waals surface area contributed by atoms with E-state index >= 15 is 0 Å². The van der Waals surface area contributed by atoms with Gasteiger partial charge in [0.2, 0.25) is 0 Å². The van der Waals surface area contributed by atoms with E-state index in [0.29, 0.717) is 24.9 Å². The van der Waals surface area contributed by atoms with E-state index in [9.17, 15) is 9.59 Å². The normalized spacial score (nSPS) is 10.5. The number of methoxy groups -OCH3 is 1. The van der Waals surface area contributed by atoms with E-state index in [2.05, 4.69) is 15.0 Å². The zero-order valence-corrected chi connectivity index (χ0v) is 13.1. The lowest BCUT2D eigenvalue weighted by molar-refractivity contribution is -0.140. The number of esters is 1. The lowest BCUT2D eigenvalue weighted by atomic mass is 10.0. The summed E-state index contributed by atoms with van der Waals surface area (Å²) in [5, 5.41) is 3.69. The molecule has 0 aliphatic carbocycles. The molecule has 1 aromatic carbocycles. The highest BCUT2D eigenvalue weighted by atomic mass is 16.5. The van der Waals surface area contributed by atoms with Crippen LogP contribution in [0.3, 0.4) is 0 Å². The number of pyridine rings is 1. The van der Waals surface area contributed by atoms with Crippen molar-refractivity contribution < 1.29 is 14.3 Å². The van der Waals surface area contributed by atoms with Crippen LogP contribution < -0.4 is 5.32 Å². The van der Waals surface area contributed by atoms with Crippen LogP contribution in [0.1, 0.15) is 34.5 Å². The minimum atomic E-state index is -0.268. The second-order valence-corrected chi connectivity index (χ2v) is 5.27. The SMILES string of the molecule is COC(=O)CCCNC(=O)c1cc(C)nc2ccc(C)cc12. The lowest BCUT2D eigenvalue weighted by Gasteiger charge is -2.09. The van der Waals surface area contributed by atoms with Gasteiger partial charge in [-0.05, 0) is 38.5 Å². The van der Waals surface area contributed by atoms with E-state index in [0.717, 1.165) is 22.2 Å². The first-order valence-corrected chi connectivity index (χ1v) is 7.24. The highest BCUT2D eigenvalue weighted by molar-refractivity contribution is 6.06. The van der Waals surface area contributed by atoms with Gasteiger partial charge in [-0.2, -0.15) is 0 Å². The van der Waals surface area contributed by atoms with Crippen LogP contribution in [0.15, 0.2) is 24.3 Å². The summed E-state index contributed by atoms with van der Waals surface area (Å²) in [6.45, 7) is 4.29. The van der Waals surface area contributed by atoms with E-state index in [4.69, 9.17) is 0 Å². The Balaban J connectivity index is 2.13. The van der Waals surface area contributed by atoms with Crippen molar-refractivity contribution in [3.63, 3.8) is 0 Å². The first kappa shape index (κ1) is 15.9. The summed E-state index contributed by atoms with van der Waals surface area (Å²) in [6, 6.07) is 7.65. The minimum absolute atomic E-state index is 0.147. The molecule has 0 fully saturated rings. The lowest BCUT2D eigenvalue weighted by Crippen LogP contribution is -2.25. The molecule has 0 aliphatic heterocycles. The first-order valence-electron chi connectivity index (χ1n) is 7.24. The van der Waals surface area contributed by atoms with Crippen LogP contribution in [-0.4, -0.2) is 30.5 Å². The number of ether oxygens (including phenoxy) is 1. The number of benzene rings is 1. The second-order valence-electron chi connectivity index (χ2n) is 5.27. The Morgan fingerprint density at radius 1 is 1.23 bits per heavy atom. The number of hydrogen-bond donors (Lipinski definition) is 1. The Labute approximate surface area is 129 Å². The number of carbonyl (C=O) groups is 2. The van der Waals surface area contributed by atoms with Crippen molar-refractivity contribution in [1.82, 2.24) is 10.3 Å². The zero-order valence-electron chi connectivity index (χ0n) is 13.1. The number of aromatic nitrogens is 1. The molecule has 5 heteroatoms. The van der Waals surface area contributed by atoms with E-state index in [1.54, 1.807) is 6.07 Å². The largest absolute Gasteiger partial charge is 0.469 e. The van der Waals surface area contributed by atoms with Gasteiger partial charge in [0, 0.05) is 24.0 Å². The minimum Gasteiger partial charge on any atom is -0.469 e. The standard InChI is InChI=1S/C17H20N2O3/c1-11-6-7-15-13(9-11)14(10-12(2)19-15)17(21)18-8-4-5-16(20)22-3/h6-7,9-10H,4-5,8H2,1-3H3,(H,18,21). The van der Waals surface area contributed by atoms with Gasteiger partial charge in [-0.25, -0.2) is 0 Å². The van der Waals surface area contributed by atoms with Gasteiger partial charge in [-0.15, -0.1) is 0 Å². The van der Waals surface area contributed by atoms with Crippen molar-refractivity contribution in [3.05, 3.63) is 41.1 Å². The summed E-state index contributed by atoms with van der Waals surface area (Å²) < 4.78 is 4.57. The average Bonchev–Trinajstić information content (AvgIpc) is 2.50. The fourth-order valence-corrected chi connectivity index (χ4v) is 2.29. The molecule has 1 amide bonds. The third-order valence-corrected chi connectivity index (χ3v) is 3.41. The predicted octanol–water partition coefficient (Wildman–Crippen LogP) is 2.53. The molecule has 5 nitrogen and oxygen atoms in total. The molecule has 0 saturated heterocycles. The summed E-state index contributed by atoms with van der Waals surface area (Å²) in [6.07, 6.45) is 0.853. The van der Waals surface area contributed by atoms with Crippen molar-refractivity contribution in [3.8, 4) is 0 Å². The van der Waals surface area contributed by atoms with Gasteiger partial charge in [-0.1, -0.05) is 11.6 Å². The van der Waals surface area contributed by atoms with Crippen LogP contribution in [0.25, 0.3) is 10.9 Å². The van der Waals surface area contributed by atoms with E-state index in [1.807, 2.05) is 32.0 Å². The summed E-state index contributed by atoms with van der Waals surface area (Å²) >= 11 is 0. The van der Waals surface area contributed by atoms with Gasteiger partial charge in [0.1, 0.15) is 0 Å². The molecule has 0 unspecified atom stereocenters. The molecule has 1 aromatic heterocycles. The number of aryl methyl sites for hydroxylation is 2. The van der Waals surface area contributed by atoms with Gasteiger partial charge >= 0.3 is 5.97 Å². The van der Waals surface area contributed by atoms with Gasteiger partial charge in [0.25, 0.3) is 5.91 Å². The third kappa shape index (κ3) is 3.81. The summed E-state index contributed by atoms with van der Waals surface area (Å²) in [5.41, 5.74) is 3.31. The van der Waals surface area contributed by atoms with Crippen LogP contribution in [0.2, 0.25) is 0 Å². The molecule has 1 heterocycles. The molecule has 0 spiro atoms. The molecular formula is C17H20N2O3. The number of nitrogens with zero attached hydrogens (tertiary/aromatic N) is 1. The molecule has 1 N–H and O–H groups in total. The van der Waals surface area contributed by atoms with Crippen molar-refractivity contribution in [2.75, 3.05) is 13.7 Å². The van der Waals surface area contributed by atoms with Gasteiger partial charge < -0.3 is 10.1 Å². The number of rotatable bonds is 5. The quantitative estimate of drug-likeness (QED) is 0.680. The molecule has 2 aromatic rings. The highest BCUT2D eigenvalue weighted by Gasteiger charge is 2.12. The van der Waals surface area contributed by atoms with Crippen LogP contribution in [0.4, 0.5) is 0 Å². The maximum Gasteiger partial charge on any atom is 0.305 e. The molecule has 0 atom stereocenters. The number of fused-ring (bicyclic) bond motifs is 1. The number of hydrogen-bond acceptors (Lipinski definition) is 4. The summed E-state index contributed by atoms with van der Waals surface area (Å²) in [7, 11) is 1.36. The molecule has 0 saturated carbocycles. The predicted molar refractivity (Wildman–Crippen MR) is 84.8 cm³/mol. The third-order valence-electron chi connectivity index (χ3n) is 3.41. The maximum absolute atomic E-state index is 12.4.